The first-order chi connectivity index (χ1) is 13.2. The van der Waals surface area contributed by atoms with E-state index in [0.29, 0.717) is 5.88 Å². The van der Waals surface area contributed by atoms with Gasteiger partial charge < -0.3 is 4.74 Å². The highest BCUT2D eigenvalue weighted by Crippen LogP contribution is 2.59. The Balaban J connectivity index is 1.71. The highest BCUT2D eigenvalue weighted by Gasteiger charge is 2.60. The van der Waals surface area contributed by atoms with Gasteiger partial charge in [0.25, 0.3) is 0 Å². The van der Waals surface area contributed by atoms with Crippen LogP contribution in [0.15, 0.2) is 42.7 Å². The number of carbonyl (C=O) groups is 1. The number of rotatable bonds is 3. The Bertz CT molecular complexity index is 1130. The number of ether oxygens (including phenoxy) is 1. The second-order valence-electron chi connectivity index (χ2n) is 6.97. The van der Waals surface area contributed by atoms with Gasteiger partial charge in [0.05, 0.1) is 36.0 Å². The lowest BCUT2D eigenvalue weighted by molar-refractivity contribution is -0.120. The Morgan fingerprint density at radius 3 is 2.67 bits per heavy atom. The minimum Gasteiger partial charge on any atom is -0.481 e. The summed E-state index contributed by atoms with van der Waals surface area (Å²) in [7, 11) is 1.59. The van der Waals surface area contributed by atoms with Crippen molar-refractivity contribution in [3.63, 3.8) is 0 Å². The van der Waals surface area contributed by atoms with Crippen molar-refractivity contribution in [2.75, 3.05) is 18.6 Å². The minimum absolute atomic E-state index is 0.0323. The number of hydrogen-bond donors (Lipinski definition) is 0. The van der Waals surface area contributed by atoms with Crippen molar-refractivity contribution in [3.05, 3.63) is 48.3 Å². The van der Waals surface area contributed by atoms with Gasteiger partial charge in [-0.05, 0) is 36.6 Å². The zero-order chi connectivity index (χ0) is 18.6. The molecule has 0 atom stereocenters. The molecule has 1 fully saturated rings. The molecule has 3 heterocycles. The summed E-state index contributed by atoms with van der Waals surface area (Å²) in [4.78, 5) is 23.3. The van der Waals surface area contributed by atoms with E-state index < -0.39 is 5.41 Å². The normalized spacial score (nSPS) is 16.4. The van der Waals surface area contributed by atoms with E-state index in [1.54, 1.807) is 24.4 Å². The van der Waals surface area contributed by atoms with Crippen LogP contribution in [-0.2, 0) is 10.2 Å². The average molecular weight is 356 g/mol. The van der Waals surface area contributed by atoms with E-state index in [-0.39, 0.29) is 12.5 Å². The minimum atomic E-state index is -0.468. The maximum Gasteiger partial charge on any atom is 0.238 e. The Morgan fingerprint density at radius 2 is 2.00 bits per heavy atom. The Kier molecular flexibility index (Phi) is 3.22. The van der Waals surface area contributed by atoms with E-state index in [9.17, 15) is 4.79 Å². The number of fused-ring (bicyclic) bond motifs is 4. The summed E-state index contributed by atoms with van der Waals surface area (Å²) in [5.74, 6) is 0.599. The number of anilines is 1. The zero-order valence-corrected chi connectivity index (χ0v) is 14.8. The fourth-order valence-corrected chi connectivity index (χ4v) is 4.03. The standard InChI is InChI=1S/C21H16N4O2/c1-27-18-5-3-14(11-24-18)13-2-4-16-15(10-13)19-17(12-23-16)25(9-8-22)20(26)21(19)6-7-21/h2-5,10-12H,6-7,9H2,1H3. The van der Waals surface area contributed by atoms with Crippen LogP contribution in [0.2, 0.25) is 0 Å². The summed E-state index contributed by atoms with van der Waals surface area (Å²) < 4.78 is 5.13. The van der Waals surface area contributed by atoms with Crippen LogP contribution < -0.4 is 9.64 Å². The molecule has 6 heteroatoms. The Hall–Kier alpha value is -3.46. The molecule has 0 N–H and O–H groups in total. The van der Waals surface area contributed by atoms with E-state index in [1.807, 2.05) is 24.3 Å². The summed E-state index contributed by atoms with van der Waals surface area (Å²) in [5, 5.41) is 10.1. The largest absolute Gasteiger partial charge is 0.481 e. The monoisotopic (exact) mass is 356 g/mol. The van der Waals surface area contributed by atoms with Gasteiger partial charge in [0.15, 0.2) is 0 Å². The van der Waals surface area contributed by atoms with E-state index in [1.165, 1.54) is 0 Å². The number of hydrogen-bond acceptors (Lipinski definition) is 5. The highest BCUT2D eigenvalue weighted by molar-refractivity contribution is 6.14. The molecule has 2 aromatic heterocycles. The molecule has 0 bridgehead atoms. The molecule has 132 valence electrons. The van der Waals surface area contributed by atoms with Gasteiger partial charge >= 0.3 is 0 Å². The van der Waals surface area contributed by atoms with Gasteiger partial charge in [-0.15, -0.1) is 0 Å². The van der Waals surface area contributed by atoms with Gasteiger partial charge in [0.1, 0.15) is 6.54 Å². The SMILES string of the molecule is COc1ccc(-c2ccc3ncc4c(c3c2)C2(CC2)C(=O)N4CC#N)cn1. The van der Waals surface area contributed by atoms with Crippen LogP contribution in [-0.4, -0.2) is 29.5 Å². The lowest BCUT2D eigenvalue weighted by Gasteiger charge is -2.13. The van der Waals surface area contributed by atoms with Crippen molar-refractivity contribution in [1.29, 1.82) is 5.26 Å². The van der Waals surface area contributed by atoms with Crippen molar-refractivity contribution in [1.82, 2.24) is 9.97 Å². The maximum atomic E-state index is 12.9. The van der Waals surface area contributed by atoms with Crippen molar-refractivity contribution >= 4 is 22.5 Å². The van der Waals surface area contributed by atoms with Crippen LogP contribution in [0.25, 0.3) is 22.0 Å². The molecular formula is C21H16N4O2. The van der Waals surface area contributed by atoms with Crippen molar-refractivity contribution in [3.8, 4) is 23.1 Å². The molecule has 0 unspecified atom stereocenters. The van der Waals surface area contributed by atoms with Crippen LogP contribution in [0.5, 0.6) is 5.88 Å². The van der Waals surface area contributed by atoms with Gasteiger partial charge in [-0.25, -0.2) is 4.98 Å². The molecule has 1 aliphatic heterocycles. The van der Waals surface area contributed by atoms with Gasteiger partial charge in [-0.1, -0.05) is 6.07 Å². The number of pyridine rings is 2. The third kappa shape index (κ3) is 2.15. The lowest BCUT2D eigenvalue weighted by Crippen LogP contribution is -2.32. The molecule has 1 amide bonds. The van der Waals surface area contributed by atoms with E-state index >= 15 is 0 Å². The van der Waals surface area contributed by atoms with Crippen molar-refractivity contribution in [2.24, 2.45) is 0 Å². The second kappa shape index (κ2) is 5.52. The molecule has 1 spiro atoms. The van der Waals surface area contributed by atoms with E-state index in [0.717, 1.165) is 46.1 Å². The Morgan fingerprint density at radius 1 is 1.19 bits per heavy atom. The fourth-order valence-electron chi connectivity index (χ4n) is 4.03. The summed E-state index contributed by atoms with van der Waals surface area (Å²) in [6, 6.07) is 11.9. The molecule has 27 heavy (non-hydrogen) atoms. The fraction of sp³-hybridized carbons (Fsp3) is 0.238. The molecule has 3 aromatic rings. The number of nitriles is 1. The third-order valence-electron chi connectivity index (χ3n) is 5.53. The first kappa shape index (κ1) is 15.8. The number of nitrogens with zero attached hydrogens (tertiary/aromatic N) is 4. The number of benzene rings is 1. The van der Waals surface area contributed by atoms with Crippen LogP contribution in [0.3, 0.4) is 0 Å². The predicted octanol–water partition coefficient (Wildman–Crippen LogP) is 3.21. The highest BCUT2D eigenvalue weighted by atomic mass is 16.5. The molecule has 1 saturated carbocycles. The number of amides is 1. The quantitative estimate of drug-likeness (QED) is 0.673. The van der Waals surface area contributed by atoms with Crippen LogP contribution in [0, 0.1) is 11.3 Å². The summed E-state index contributed by atoms with van der Waals surface area (Å²) in [6.45, 7) is 0.0584. The Labute approximate surface area is 156 Å². The molecule has 1 aromatic carbocycles. The van der Waals surface area contributed by atoms with Crippen molar-refractivity contribution in [2.45, 2.75) is 18.3 Å². The number of carbonyl (C=O) groups excluding carboxylic acids is 1. The summed E-state index contributed by atoms with van der Waals surface area (Å²) in [6.07, 6.45) is 5.16. The zero-order valence-electron chi connectivity index (χ0n) is 14.8. The van der Waals surface area contributed by atoms with Crippen LogP contribution in [0.1, 0.15) is 18.4 Å². The van der Waals surface area contributed by atoms with E-state index in [4.69, 9.17) is 10.00 Å². The van der Waals surface area contributed by atoms with Gasteiger partial charge in [-0.3, -0.25) is 14.7 Å². The first-order valence-electron chi connectivity index (χ1n) is 8.80. The van der Waals surface area contributed by atoms with Gasteiger partial charge in [0.2, 0.25) is 11.8 Å². The summed E-state index contributed by atoms with van der Waals surface area (Å²) in [5.41, 5.74) is 4.17. The number of methoxy groups -OCH3 is 1. The molecule has 5 rings (SSSR count). The van der Waals surface area contributed by atoms with Crippen LogP contribution in [0.4, 0.5) is 5.69 Å². The van der Waals surface area contributed by atoms with Gasteiger partial charge in [0, 0.05) is 28.8 Å². The predicted molar refractivity (Wildman–Crippen MR) is 100 cm³/mol. The number of aromatic nitrogens is 2. The smallest absolute Gasteiger partial charge is 0.238 e. The molecule has 1 aliphatic carbocycles. The molecule has 6 nitrogen and oxygen atoms in total. The van der Waals surface area contributed by atoms with E-state index in [2.05, 4.69) is 22.1 Å². The molecule has 2 aliphatic rings. The second-order valence-corrected chi connectivity index (χ2v) is 6.97. The average Bonchev–Trinajstić information content (AvgIpc) is 3.48. The molecule has 0 saturated heterocycles. The lowest BCUT2D eigenvalue weighted by atomic mass is 9.92. The van der Waals surface area contributed by atoms with Crippen molar-refractivity contribution < 1.29 is 9.53 Å². The third-order valence-corrected chi connectivity index (χ3v) is 5.53. The first-order valence-corrected chi connectivity index (χ1v) is 8.80. The molecule has 0 radical (unpaired) electrons. The van der Waals surface area contributed by atoms with Crippen LogP contribution >= 0.6 is 0 Å². The topological polar surface area (TPSA) is 79.1 Å². The maximum absolute atomic E-state index is 12.9. The van der Waals surface area contributed by atoms with Gasteiger partial charge in [-0.2, -0.15) is 5.26 Å². The molecular weight excluding hydrogens is 340 g/mol. The summed E-state index contributed by atoms with van der Waals surface area (Å²) >= 11 is 0.